The highest BCUT2D eigenvalue weighted by atomic mass is 16.3. The maximum Gasteiger partial charge on any atom is 0.145 e. The molecule has 286 valence electrons. The molecule has 0 fully saturated rings. The third-order valence-electron chi connectivity index (χ3n) is 12.6. The Morgan fingerprint density at radius 2 is 0.806 bits per heavy atom. The molecule has 0 atom stereocenters. The molecule has 0 bridgehead atoms. The molecule has 0 aliphatic carbocycles. The van der Waals surface area contributed by atoms with E-state index >= 15 is 0 Å². The van der Waals surface area contributed by atoms with Gasteiger partial charge in [-0.3, -0.25) is 0 Å². The molecule has 6 nitrogen and oxygen atoms in total. The van der Waals surface area contributed by atoms with Gasteiger partial charge in [0.05, 0.1) is 56.1 Å². The lowest BCUT2D eigenvalue weighted by Gasteiger charge is -2.16. The van der Waals surface area contributed by atoms with E-state index in [1.165, 1.54) is 0 Å². The smallest absolute Gasteiger partial charge is 0.145 e. The zero-order valence-electron chi connectivity index (χ0n) is 32.9. The van der Waals surface area contributed by atoms with Crippen molar-refractivity contribution in [2.24, 2.45) is 0 Å². The highest BCUT2D eigenvalue weighted by molar-refractivity contribution is 6.25. The Labute approximate surface area is 353 Å². The average Bonchev–Trinajstić information content (AvgIpc) is 4.08. The number of fused-ring (bicyclic) bond motifs is 14. The van der Waals surface area contributed by atoms with Crippen molar-refractivity contribution < 1.29 is 8.83 Å². The second-order valence-electron chi connectivity index (χ2n) is 15.8. The monoisotopic (exact) mass is 790 g/mol. The normalized spacial score (nSPS) is 11.8. The molecule has 0 aliphatic heterocycles. The van der Waals surface area contributed by atoms with Crippen LogP contribution in [0.15, 0.2) is 191 Å². The first-order valence-electron chi connectivity index (χ1n) is 20.5. The van der Waals surface area contributed by atoms with Crippen LogP contribution in [0.4, 0.5) is 0 Å². The maximum atomic E-state index is 9.99. The molecule has 0 saturated carbocycles. The Kier molecular flexibility index (Phi) is 7.05. The van der Waals surface area contributed by atoms with Crippen LogP contribution in [-0.4, -0.2) is 9.13 Å². The number of nitrogens with zero attached hydrogens (tertiary/aromatic N) is 4. The number of aromatic nitrogens is 2. The first-order chi connectivity index (χ1) is 30.7. The molecule has 0 aliphatic rings. The molecule has 13 aromatic rings. The van der Waals surface area contributed by atoms with Gasteiger partial charge in [0.1, 0.15) is 22.3 Å². The first kappa shape index (κ1) is 34.1. The number of hydrogen-bond donors (Lipinski definition) is 0. The van der Waals surface area contributed by atoms with Gasteiger partial charge in [0, 0.05) is 49.3 Å². The van der Waals surface area contributed by atoms with E-state index in [1.54, 1.807) is 18.2 Å². The molecule has 0 amide bonds. The summed E-state index contributed by atoms with van der Waals surface area (Å²) in [6, 6.07) is 67.2. The van der Waals surface area contributed by atoms with E-state index in [-0.39, 0.29) is 0 Å². The van der Waals surface area contributed by atoms with E-state index in [9.17, 15) is 10.5 Å². The average molecular weight is 791 g/mol. The lowest BCUT2D eigenvalue weighted by molar-refractivity contribution is 0.672. The van der Waals surface area contributed by atoms with Gasteiger partial charge in [-0.25, -0.2) is 0 Å². The molecular weight excluding hydrogens is 761 g/mol. The standard InChI is InChI=1S/C56H30N4O2/c57-31-35-10-9-11-36(32-58)52(35)34-22-20-33(21-23-34)37-28-38(59-46-16-5-1-14-44(46)53-48(59)26-24-42-40-12-3-7-18-50(40)61-55(42)53)30-39(29-37)60-47-17-6-2-15-45(47)54-49(60)27-25-43-41-13-4-8-19-51(41)62-56(43)54/h1-30H. The van der Waals surface area contributed by atoms with Crippen LogP contribution in [0.2, 0.25) is 0 Å². The molecule has 13 rings (SSSR count). The molecule has 0 unspecified atom stereocenters. The Bertz CT molecular complexity index is 3890. The predicted octanol–water partition coefficient (Wildman–Crippen LogP) is 14.8. The lowest BCUT2D eigenvalue weighted by atomic mass is 9.93. The molecule has 4 aromatic heterocycles. The van der Waals surface area contributed by atoms with Gasteiger partial charge in [-0.15, -0.1) is 0 Å². The number of para-hydroxylation sites is 4. The Balaban J connectivity index is 1.11. The van der Waals surface area contributed by atoms with E-state index in [1.807, 2.05) is 36.4 Å². The lowest BCUT2D eigenvalue weighted by Crippen LogP contribution is -2.00. The Morgan fingerprint density at radius 1 is 0.355 bits per heavy atom. The zero-order chi connectivity index (χ0) is 41.1. The first-order valence-corrected chi connectivity index (χ1v) is 20.5. The number of hydrogen-bond acceptors (Lipinski definition) is 4. The number of nitriles is 2. The van der Waals surface area contributed by atoms with Crippen LogP contribution >= 0.6 is 0 Å². The fraction of sp³-hybridized carbons (Fsp3) is 0. The van der Waals surface area contributed by atoms with Crippen LogP contribution in [0, 0.1) is 22.7 Å². The van der Waals surface area contributed by atoms with Gasteiger partial charge in [-0.1, -0.05) is 103 Å². The third kappa shape index (κ3) is 4.72. The quantitative estimate of drug-likeness (QED) is 0.178. The van der Waals surface area contributed by atoms with Crippen molar-refractivity contribution in [3.63, 3.8) is 0 Å². The summed E-state index contributed by atoms with van der Waals surface area (Å²) >= 11 is 0. The van der Waals surface area contributed by atoms with Gasteiger partial charge in [0.2, 0.25) is 0 Å². The van der Waals surface area contributed by atoms with Gasteiger partial charge in [0.25, 0.3) is 0 Å². The SMILES string of the molecule is N#Cc1cccc(C#N)c1-c1ccc(-c2cc(-n3c4ccccc4c4c5oc6ccccc6c5ccc43)cc(-n3c4ccccc4c4c5oc6ccccc6c5ccc43)c2)cc1. The molecule has 0 saturated heterocycles. The summed E-state index contributed by atoms with van der Waals surface area (Å²) in [5.74, 6) is 0. The molecule has 0 spiro atoms. The fourth-order valence-electron chi connectivity index (χ4n) is 9.93. The van der Waals surface area contributed by atoms with Crippen molar-refractivity contribution >= 4 is 87.5 Å². The summed E-state index contributed by atoms with van der Waals surface area (Å²) in [4.78, 5) is 0. The van der Waals surface area contributed by atoms with Gasteiger partial charge in [-0.05, 0) is 95.6 Å². The molecule has 4 heterocycles. The van der Waals surface area contributed by atoms with E-state index in [4.69, 9.17) is 8.83 Å². The topological polar surface area (TPSA) is 83.7 Å². The number of rotatable bonds is 4. The van der Waals surface area contributed by atoms with Gasteiger partial charge < -0.3 is 18.0 Å². The van der Waals surface area contributed by atoms with Crippen molar-refractivity contribution in [3.05, 3.63) is 193 Å². The zero-order valence-corrected chi connectivity index (χ0v) is 32.9. The van der Waals surface area contributed by atoms with Crippen LogP contribution in [0.1, 0.15) is 11.1 Å². The van der Waals surface area contributed by atoms with Crippen molar-refractivity contribution in [2.45, 2.75) is 0 Å². The molecule has 0 radical (unpaired) electrons. The highest BCUT2D eigenvalue weighted by Crippen LogP contribution is 2.44. The van der Waals surface area contributed by atoms with Crippen molar-refractivity contribution in [2.75, 3.05) is 0 Å². The summed E-state index contributed by atoms with van der Waals surface area (Å²) in [6.45, 7) is 0. The minimum absolute atomic E-state index is 0.468. The van der Waals surface area contributed by atoms with Gasteiger partial charge in [-0.2, -0.15) is 10.5 Å². The Morgan fingerprint density at radius 3 is 1.31 bits per heavy atom. The molecule has 6 heteroatoms. The van der Waals surface area contributed by atoms with Crippen LogP contribution in [-0.2, 0) is 0 Å². The highest BCUT2D eigenvalue weighted by Gasteiger charge is 2.23. The molecule has 62 heavy (non-hydrogen) atoms. The summed E-state index contributed by atoms with van der Waals surface area (Å²) in [5.41, 5.74) is 14.1. The fourth-order valence-corrected chi connectivity index (χ4v) is 9.93. The van der Waals surface area contributed by atoms with Crippen LogP contribution in [0.5, 0.6) is 0 Å². The number of furan rings is 2. The third-order valence-corrected chi connectivity index (χ3v) is 12.6. The summed E-state index contributed by atoms with van der Waals surface area (Å²) in [6.07, 6.45) is 0. The molecule has 9 aromatic carbocycles. The van der Waals surface area contributed by atoms with Crippen molar-refractivity contribution in [1.29, 1.82) is 10.5 Å². The molecule has 0 N–H and O–H groups in total. The minimum Gasteiger partial charge on any atom is -0.455 e. The van der Waals surface area contributed by atoms with Gasteiger partial charge >= 0.3 is 0 Å². The van der Waals surface area contributed by atoms with E-state index in [2.05, 4.69) is 149 Å². The summed E-state index contributed by atoms with van der Waals surface area (Å²) in [5, 5.41) is 28.7. The second kappa shape index (κ2) is 12.8. The molecular formula is C56H30N4O2. The van der Waals surface area contributed by atoms with Crippen LogP contribution in [0.3, 0.4) is 0 Å². The van der Waals surface area contributed by atoms with Crippen molar-refractivity contribution in [3.8, 4) is 45.8 Å². The maximum absolute atomic E-state index is 9.99. The minimum atomic E-state index is 0.468. The van der Waals surface area contributed by atoms with E-state index in [0.29, 0.717) is 16.7 Å². The second-order valence-corrected chi connectivity index (χ2v) is 15.8. The summed E-state index contributed by atoms with van der Waals surface area (Å²) < 4.78 is 18.0. The Hall–Kier alpha value is -8.84. The van der Waals surface area contributed by atoms with Crippen LogP contribution in [0.25, 0.3) is 121 Å². The largest absolute Gasteiger partial charge is 0.455 e. The predicted molar refractivity (Wildman–Crippen MR) is 250 cm³/mol. The summed E-state index contributed by atoms with van der Waals surface area (Å²) in [7, 11) is 0. The van der Waals surface area contributed by atoms with E-state index in [0.717, 1.165) is 116 Å². The van der Waals surface area contributed by atoms with Crippen LogP contribution < -0.4 is 0 Å². The van der Waals surface area contributed by atoms with Crippen molar-refractivity contribution in [1.82, 2.24) is 9.13 Å². The number of benzene rings is 9. The van der Waals surface area contributed by atoms with E-state index < -0.39 is 0 Å². The van der Waals surface area contributed by atoms with Gasteiger partial charge in [0.15, 0.2) is 0 Å².